The van der Waals surface area contributed by atoms with E-state index in [0.717, 1.165) is 5.56 Å². The molecular formula is C16H19N3O5. The van der Waals surface area contributed by atoms with E-state index < -0.39 is 36.0 Å². The zero-order chi connectivity index (χ0) is 17.3. The second-order valence-corrected chi connectivity index (χ2v) is 5.69. The van der Waals surface area contributed by atoms with Gasteiger partial charge in [0.25, 0.3) is 0 Å². The summed E-state index contributed by atoms with van der Waals surface area (Å²) in [6.07, 6.45) is -0.506. The first-order valence-electron chi connectivity index (χ1n) is 7.78. The van der Waals surface area contributed by atoms with Crippen LogP contribution in [0.2, 0.25) is 0 Å². The standard InChI is InChI=1S/C16H19N3O5/c1-2-23-12(20)7-18-16(22)19-8-10(15(17)21)14-13(19)9-5-3-4-6-11(9)24-14/h3-6,10,13-14H,2,7-8H2,1H3,(H2,17,21)(H,18,22)/t10-,13+,14+/m1/s1. The molecule has 0 saturated carbocycles. The van der Waals surface area contributed by atoms with Crippen molar-refractivity contribution < 1.29 is 23.9 Å². The lowest BCUT2D eigenvalue weighted by Crippen LogP contribution is -2.42. The number of hydrogen-bond acceptors (Lipinski definition) is 5. The number of nitrogens with zero attached hydrogens (tertiary/aromatic N) is 1. The molecule has 2 aliphatic rings. The van der Waals surface area contributed by atoms with Crippen LogP contribution in [0.5, 0.6) is 5.75 Å². The fourth-order valence-electron chi connectivity index (χ4n) is 3.22. The number of esters is 1. The summed E-state index contributed by atoms with van der Waals surface area (Å²) in [5, 5.41) is 2.52. The average molecular weight is 333 g/mol. The van der Waals surface area contributed by atoms with E-state index in [0.29, 0.717) is 5.75 Å². The molecule has 0 radical (unpaired) electrons. The minimum atomic E-state index is -0.601. The Balaban J connectivity index is 1.78. The number of nitrogens with one attached hydrogen (secondary N) is 1. The van der Waals surface area contributed by atoms with Crippen molar-refractivity contribution in [3.8, 4) is 5.75 Å². The lowest BCUT2D eigenvalue weighted by Gasteiger charge is -2.23. The molecule has 8 heteroatoms. The van der Waals surface area contributed by atoms with Crippen LogP contribution in [0.4, 0.5) is 4.79 Å². The normalized spacial score (nSPS) is 23.9. The highest BCUT2D eigenvalue weighted by atomic mass is 16.5. The summed E-state index contributed by atoms with van der Waals surface area (Å²) in [6.45, 7) is 1.85. The molecule has 1 aromatic rings. The van der Waals surface area contributed by atoms with Crippen molar-refractivity contribution in [1.82, 2.24) is 10.2 Å². The van der Waals surface area contributed by atoms with Crippen molar-refractivity contribution in [1.29, 1.82) is 0 Å². The Hall–Kier alpha value is -2.77. The summed E-state index contributed by atoms with van der Waals surface area (Å²) in [7, 11) is 0. The van der Waals surface area contributed by atoms with Crippen molar-refractivity contribution in [3.63, 3.8) is 0 Å². The summed E-state index contributed by atoms with van der Waals surface area (Å²) < 4.78 is 10.6. The number of carbonyl (C=O) groups excluding carboxylic acids is 3. The summed E-state index contributed by atoms with van der Waals surface area (Å²) >= 11 is 0. The van der Waals surface area contributed by atoms with Gasteiger partial charge in [-0.3, -0.25) is 9.59 Å². The number of benzene rings is 1. The number of ether oxygens (including phenoxy) is 2. The van der Waals surface area contributed by atoms with Gasteiger partial charge in [0.15, 0.2) is 0 Å². The Labute approximate surface area is 138 Å². The topological polar surface area (TPSA) is 111 Å². The van der Waals surface area contributed by atoms with Crippen LogP contribution in [0.25, 0.3) is 0 Å². The highest BCUT2D eigenvalue weighted by Gasteiger charge is 2.53. The Kier molecular flexibility index (Phi) is 4.28. The SMILES string of the molecule is CCOC(=O)CNC(=O)N1C[C@@H](C(N)=O)[C@@H]2Oc3ccccc3[C@@H]21. The quantitative estimate of drug-likeness (QED) is 0.764. The van der Waals surface area contributed by atoms with Crippen LogP contribution >= 0.6 is 0 Å². The van der Waals surface area contributed by atoms with Gasteiger partial charge in [0.2, 0.25) is 5.91 Å². The van der Waals surface area contributed by atoms with Crippen LogP contribution in [0, 0.1) is 5.92 Å². The van der Waals surface area contributed by atoms with Gasteiger partial charge in [0.05, 0.1) is 12.5 Å². The molecule has 3 atom stereocenters. The highest BCUT2D eigenvalue weighted by Crippen LogP contribution is 2.47. The number of primary amides is 1. The fourth-order valence-corrected chi connectivity index (χ4v) is 3.22. The molecule has 3 amide bonds. The number of hydrogen-bond donors (Lipinski definition) is 2. The lowest BCUT2D eigenvalue weighted by molar-refractivity contribution is -0.141. The van der Waals surface area contributed by atoms with Gasteiger partial charge in [-0.05, 0) is 13.0 Å². The van der Waals surface area contributed by atoms with Gasteiger partial charge in [-0.15, -0.1) is 0 Å². The van der Waals surface area contributed by atoms with E-state index in [-0.39, 0.29) is 19.7 Å². The maximum atomic E-state index is 12.5. The third kappa shape index (κ3) is 2.75. The molecule has 1 saturated heterocycles. The summed E-state index contributed by atoms with van der Waals surface area (Å²) in [6, 6.07) is 6.46. The molecule has 128 valence electrons. The molecule has 3 rings (SSSR count). The summed E-state index contributed by atoms with van der Waals surface area (Å²) in [4.78, 5) is 37.1. The molecule has 0 bridgehead atoms. The zero-order valence-corrected chi connectivity index (χ0v) is 13.2. The molecule has 0 unspecified atom stereocenters. The number of para-hydroxylation sites is 1. The predicted molar refractivity (Wildman–Crippen MR) is 83.0 cm³/mol. The first-order valence-corrected chi connectivity index (χ1v) is 7.78. The van der Waals surface area contributed by atoms with Gasteiger partial charge in [0.1, 0.15) is 24.4 Å². The van der Waals surface area contributed by atoms with Gasteiger partial charge in [0, 0.05) is 12.1 Å². The smallest absolute Gasteiger partial charge is 0.325 e. The van der Waals surface area contributed by atoms with Crippen molar-refractivity contribution in [2.45, 2.75) is 19.1 Å². The average Bonchev–Trinajstić information content (AvgIpc) is 3.09. The second-order valence-electron chi connectivity index (χ2n) is 5.69. The number of carbonyl (C=O) groups is 3. The van der Waals surface area contributed by atoms with E-state index in [2.05, 4.69) is 5.32 Å². The first kappa shape index (κ1) is 16.1. The number of likely N-dealkylation sites (tertiary alicyclic amines) is 1. The molecular weight excluding hydrogens is 314 g/mol. The van der Waals surface area contributed by atoms with E-state index in [1.54, 1.807) is 13.0 Å². The van der Waals surface area contributed by atoms with Crippen molar-refractivity contribution in [2.75, 3.05) is 19.7 Å². The Morgan fingerprint density at radius 3 is 2.83 bits per heavy atom. The monoisotopic (exact) mass is 333 g/mol. The van der Waals surface area contributed by atoms with E-state index >= 15 is 0 Å². The highest BCUT2D eigenvalue weighted by molar-refractivity contribution is 5.84. The molecule has 0 aliphatic carbocycles. The molecule has 2 aliphatic heterocycles. The van der Waals surface area contributed by atoms with Crippen LogP contribution in [0.15, 0.2) is 24.3 Å². The number of amides is 3. The number of nitrogens with two attached hydrogens (primary N) is 1. The molecule has 1 aromatic carbocycles. The van der Waals surface area contributed by atoms with E-state index in [9.17, 15) is 14.4 Å². The Morgan fingerprint density at radius 2 is 2.12 bits per heavy atom. The fraction of sp³-hybridized carbons (Fsp3) is 0.438. The first-order chi connectivity index (χ1) is 11.5. The number of fused-ring (bicyclic) bond motifs is 3. The molecule has 24 heavy (non-hydrogen) atoms. The third-order valence-electron chi connectivity index (χ3n) is 4.25. The van der Waals surface area contributed by atoms with Gasteiger partial charge in [-0.25, -0.2) is 4.79 Å². The molecule has 0 aromatic heterocycles. The van der Waals surface area contributed by atoms with Crippen LogP contribution in [-0.2, 0) is 14.3 Å². The summed E-state index contributed by atoms with van der Waals surface area (Å²) in [5.74, 6) is -0.994. The molecule has 8 nitrogen and oxygen atoms in total. The zero-order valence-electron chi connectivity index (χ0n) is 13.2. The van der Waals surface area contributed by atoms with Crippen molar-refractivity contribution in [2.24, 2.45) is 11.7 Å². The lowest BCUT2D eigenvalue weighted by atomic mass is 9.98. The largest absolute Gasteiger partial charge is 0.487 e. The van der Waals surface area contributed by atoms with Crippen molar-refractivity contribution >= 4 is 17.9 Å². The van der Waals surface area contributed by atoms with E-state index in [1.165, 1.54) is 4.90 Å². The van der Waals surface area contributed by atoms with Crippen molar-refractivity contribution in [3.05, 3.63) is 29.8 Å². The predicted octanol–water partition coefficient (Wildman–Crippen LogP) is 0.179. The minimum Gasteiger partial charge on any atom is -0.487 e. The van der Waals surface area contributed by atoms with Gasteiger partial charge < -0.3 is 25.4 Å². The van der Waals surface area contributed by atoms with Gasteiger partial charge in [-0.1, -0.05) is 18.2 Å². The minimum absolute atomic E-state index is 0.146. The summed E-state index contributed by atoms with van der Waals surface area (Å²) in [5.41, 5.74) is 6.29. The second kappa shape index (κ2) is 6.38. The Morgan fingerprint density at radius 1 is 1.38 bits per heavy atom. The maximum Gasteiger partial charge on any atom is 0.325 e. The van der Waals surface area contributed by atoms with Gasteiger partial charge >= 0.3 is 12.0 Å². The van der Waals surface area contributed by atoms with E-state index in [4.69, 9.17) is 15.2 Å². The number of rotatable bonds is 4. The molecule has 3 N–H and O–H groups in total. The van der Waals surface area contributed by atoms with Gasteiger partial charge in [-0.2, -0.15) is 0 Å². The third-order valence-corrected chi connectivity index (χ3v) is 4.25. The number of urea groups is 1. The van der Waals surface area contributed by atoms with Crippen LogP contribution in [0.1, 0.15) is 18.5 Å². The molecule has 0 spiro atoms. The van der Waals surface area contributed by atoms with Crippen LogP contribution in [0.3, 0.4) is 0 Å². The Bertz CT molecular complexity index is 677. The maximum absolute atomic E-state index is 12.5. The van der Waals surface area contributed by atoms with Crippen LogP contribution < -0.4 is 15.8 Å². The molecule has 2 heterocycles. The van der Waals surface area contributed by atoms with Crippen LogP contribution in [-0.4, -0.2) is 48.6 Å². The molecule has 1 fully saturated rings. The van der Waals surface area contributed by atoms with E-state index in [1.807, 2.05) is 18.2 Å².